The molecule has 0 bridgehead atoms. The predicted molar refractivity (Wildman–Crippen MR) is 102 cm³/mol. The third kappa shape index (κ3) is 5.79. The molecule has 0 saturated heterocycles. The van der Waals surface area contributed by atoms with Crippen LogP contribution >= 0.6 is 11.6 Å². The van der Waals surface area contributed by atoms with E-state index in [2.05, 4.69) is 15.3 Å². The summed E-state index contributed by atoms with van der Waals surface area (Å²) in [6, 6.07) is 4.72. The average Bonchev–Trinajstić information content (AvgIpc) is 2.54. The van der Waals surface area contributed by atoms with E-state index in [1.54, 1.807) is 26.0 Å². The summed E-state index contributed by atoms with van der Waals surface area (Å²) in [6.07, 6.45) is 0.565. The van der Waals surface area contributed by atoms with Gasteiger partial charge in [-0.15, -0.1) is 0 Å². The maximum Gasteiger partial charge on any atom is 0.405 e. The third-order valence-corrected chi connectivity index (χ3v) is 4.16. The number of rotatable bonds is 7. The summed E-state index contributed by atoms with van der Waals surface area (Å²) in [5.41, 5.74) is 0.481. The molecule has 8 heteroatoms. The van der Waals surface area contributed by atoms with Crippen LogP contribution in [0.2, 0.25) is 5.15 Å². The lowest BCUT2D eigenvalue weighted by atomic mass is 9.91. The summed E-state index contributed by atoms with van der Waals surface area (Å²) < 4.78 is 19.8. The molecule has 0 aliphatic carbocycles. The van der Waals surface area contributed by atoms with Crippen LogP contribution < -0.4 is 10.1 Å². The van der Waals surface area contributed by atoms with Gasteiger partial charge in [-0.1, -0.05) is 25.4 Å². The van der Waals surface area contributed by atoms with Crippen molar-refractivity contribution in [2.24, 2.45) is 5.92 Å². The number of aromatic nitrogens is 2. The number of carboxylic acid groups (broad SMARTS) is 1. The second-order valence-corrected chi connectivity index (χ2v) is 7.53. The fourth-order valence-corrected chi connectivity index (χ4v) is 3.16. The molecule has 0 fully saturated rings. The Labute approximate surface area is 162 Å². The molecule has 0 aliphatic rings. The number of hydrogen-bond donors (Lipinski definition) is 2. The van der Waals surface area contributed by atoms with Gasteiger partial charge in [-0.25, -0.2) is 19.2 Å². The molecular formula is C19H23ClFN3O3. The van der Waals surface area contributed by atoms with E-state index < -0.39 is 17.4 Å². The van der Waals surface area contributed by atoms with Gasteiger partial charge in [-0.05, 0) is 44.4 Å². The highest BCUT2D eigenvalue weighted by Gasteiger charge is 2.29. The number of hydrogen-bond acceptors (Lipinski definition) is 4. The largest absolute Gasteiger partial charge is 0.489 e. The molecule has 0 spiro atoms. The first-order chi connectivity index (χ1) is 12.6. The van der Waals surface area contributed by atoms with E-state index >= 15 is 0 Å². The Morgan fingerprint density at radius 1 is 1.44 bits per heavy atom. The second-order valence-electron chi connectivity index (χ2n) is 7.14. The molecule has 1 unspecified atom stereocenters. The molecule has 2 aromatic heterocycles. The van der Waals surface area contributed by atoms with E-state index in [0.29, 0.717) is 23.6 Å². The average molecular weight is 396 g/mol. The molecular weight excluding hydrogens is 373 g/mol. The summed E-state index contributed by atoms with van der Waals surface area (Å²) in [5, 5.41) is 11.8. The summed E-state index contributed by atoms with van der Waals surface area (Å²) in [5.74, 6) is 0.267. The topological polar surface area (TPSA) is 84.3 Å². The zero-order valence-electron chi connectivity index (χ0n) is 15.7. The second kappa shape index (κ2) is 8.52. The molecule has 146 valence electrons. The number of pyridine rings is 2. The van der Waals surface area contributed by atoms with Gasteiger partial charge in [0.1, 0.15) is 17.5 Å². The van der Waals surface area contributed by atoms with Gasteiger partial charge in [0.05, 0.1) is 23.1 Å². The van der Waals surface area contributed by atoms with Crippen LogP contribution in [-0.2, 0) is 0 Å². The Hall–Kier alpha value is -2.41. The van der Waals surface area contributed by atoms with E-state index in [0.717, 1.165) is 6.20 Å². The van der Waals surface area contributed by atoms with Gasteiger partial charge in [0, 0.05) is 5.56 Å². The standard InChI is InChI=1S/C19H23ClFN3O3/c1-11(2)8-19(4,24-18(25)26)10-27-16-6-5-15(23-12(16)3)13-7-17(20)22-9-14(13)21/h5-7,9,11,24H,8,10H2,1-4H3,(H,25,26). The van der Waals surface area contributed by atoms with Crippen LogP contribution in [0.4, 0.5) is 9.18 Å². The smallest absolute Gasteiger partial charge is 0.405 e. The van der Waals surface area contributed by atoms with Crippen LogP contribution in [-0.4, -0.2) is 33.3 Å². The Bertz CT molecular complexity index is 832. The summed E-state index contributed by atoms with van der Waals surface area (Å²) in [4.78, 5) is 19.2. The van der Waals surface area contributed by atoms with Crippen molar-refractivity contribution in [3.8, 4) is 17.0 Å². The molecule has 1 amide bonds. The number of nitrogens with one attached hydrogen (secondary N) is 1. The number of halogens is 2. The Morgan fingerprint density at radius 2 is 2.15 bits per heavy atom. The van der Waals surface area contributed by atoms with Gasteiger partial charge in [0.2, 0.25) is 0 Å². The van der Waals surface area contributed by atoms with Crippen molar-refractivity contribution in [1.82, 2.24) is 15.3 Å². The zero-order valence-corrected chi connectivity index (χ0v) is 16.5. The lowest BCUT2D eigenvalue weighted by Crippen LogP contribution is -2.50. The van der Waals surface area contributed by atoms with E-state index in [1.807, 2.05) is 13.8 Å². The third-order valence-electron chi connectivity index (χ3n) is 3.95. The molecule has 0 saturated carbocycles. The van der Waals surface area contributed by atoms with Crippen molar-refractivity contribution in [2.75, 3.05) is 6.61 Å². The molecule has 2 rings (SSSR count). The highest BCUT2D eigenvalue weighted by molar-refractivity contribution is 6.29. The summed E-state index contributed by atoms with van der Waals surface area (Å²) >= 11 is 5.84. The summed E-state index contributed by atoms with van der Waals surface area (Å²) in [6.45, 7) is 7.71. The van der Waals surface area contributed by atoms with Crippen molar-refractivity contribution < 1.29 is 19.0 Å². The SMILES string of the molecule is Cc1nc(-c2cc(Cl)ncc2F)ccc1OCC(C)(CC(C)C)NC(=O)O. The van der Waals surface area contributed by atoms with E-state index in [4.69, 9.17) is 21.4 Å². The fourth-order valence-electron chi connectivity index (χ4n) is 3.00. The first-order valence-corrected chi connectivity index (χ1v) is 8.90. The minimum atomic E-state index is -1.10. The van der Waals surface area contributed by atoms with Gasteiger partial charge >= 0.3 is 6.09 Å². The van der Waals surface area contributed by atoms with Gasteiger partial charge in [-0.2, -0.15) is 0 Å². The monoisotopic (exact) mass is 395 g/mol. The Kier molecular flexibility index (Phi) is 6.59. The number of carbonyl (C=O) groups is 1. The molecule has 0 aromatic carbocycles. The molecule has 2 heterocycles. The lowest BCUT2D eigenvalue weighted by molar-refractivity contribution is 0.142. The minimum Gasteiger partial charge on any atom is -0.489 e. The van der Waals surface area contributed by atoms with Crippen molar-refractivity contribution in [2.45, 2.75) is 39.7 Å². The van der Waals surface area contributed by atoms with E-state index in [1.165, 1.54) is 6.07 Å². The Morgan fingerprint density at radius 3 is 2.74 bits per heavy atom. The van der Waals surface area contributed by atoms with Crippen LogP contribution in [0, 0.1) is 18.7 Å². The summed E-state index contributed by atoms with van der Waals surface area (Å²) in [7, 11) is 0. The van der Waals surface area contributed by atoms with Crippen LogP contribution in [0.3, 0.4) is 0 Å². The number of amides is 1. The van der Waals surface area contributed by atoms with Crippen molar-refractivity contribution in [3.05, 3.63) is 41.1 Å². The Balaban J connectivity index is 2.20. The molecule has 1 atom stereocenters. The van der Waals surface area contributed by atoms with Crippen LogP contribution in [0.25, 0.3) is 11.3 Å². The molecule has 6 nitrogen and oxygen atoms in total. The number of aryl methyl sites for hydroxylation is 1. The number of nitrogens with zero attached hydrogens (tertiary/aromatic N) is 2. The normalized spacial score (nSPS) is 13.3. The van der Waals surface area contributed by atoms with Crippen molar-refractivity contribution in [3.63, 3.8) is 0 Å². The molecule has 0 aliphatic heterocycles. The minimum absolute atomic E-state index is 0.148. The highest BCUT2D eigenvalue weighted by Crippen LogP contribution is 2.27. The first kappa shape index (κ1) is 20.9. The maximum absolute atomic E-state index is 14.0. The zero-order chi connectivity index (χ0) is 20.2. The van der Waals surface area contributed by atoms with Crippen molar-refractivity contribution in [1.29, 1.82) is 0 Å². The van der Waals surface area contributed by atoms with Gasteiger partial charge in [0.25, 0.3) is 0 Å². The molecule has 2 aromatic rings. The van der Waals surface area contributed by atoms with Crippen LogP contribution in [0.15, 0.2) is 24.4 Å². The van der Waals surface area contributed by atoms with Crippen molar-refractivity contribution >= 4 is 17.7 Å². The van der Waals surface area contributed by atoms with Gasteiger partial charge < -0.3 is 15.2 Å². The molecule has 0 radical (unpaired) electrons. The first-order valence-electron chi connectivity index (χ1n) is 8.52. The van der Waals surface area contributed by atoms with Crippen LogP contribution in [0.1, 0.15) is 32.9 Å². The number of ether oxygens (including phenoxy) is 1. The molecule has 27 heavy (non-hydrogen) atoms. The fraction of sp³-hybridized carbons (Fsp3) is 0.421. The quantitative estimate of drug-likeness (QED) is 0.664. The lowest BCUT2D eigenvalue weighted by Gasteiger charge is -2.31. The maximum atomic E-state index is 14.0. The van der Waals surface area contributed by atoms with Gasteiger partial charge in [0.15, 0.2) is 5.82 Å². The van der Waals surface area contributed by atoms with E-state index in [9.17, 15) is 9.18 Å². The van der Waals surface area contributed by atoms with Crippen LogP contribution in [0.5, 0.6) is 5.75 Å². The van der Waals surface area contributed by atoms with Gasteiger partial charge in [-0.3, -0.25) is 0 Å². The highest BCUT2D eigenvalue weighted by atomic mass is 35.5. The van der Waals surface area contributed by atoms with E-state index in [-0.39, 0.29) is 23.2 Å². The predicted octanol–water partition coefficient (Wildman–Crippen LogP) is 4.70. The molecule has 2 N–H and O–H groups in total.